The molecule has 20 heavy (non-hydrogen) atoms. The molecular weight excluding hydrogens is 248 g/mol. The average molecular weight is 268 g/mol. The predicted octanol–water partition coefficient (Wildman–Crippen LogP) is 2.64. The second-order valence-corrected chi connectivity index (χ2v) is 5.30. The summed E-state index contributed by atoms with van der Waals surface area (Å²) in [5.74, 6) is 0.919. The molecule has 0 radical (unpaired) electrons. The van der Waals surface area contributed by atoms with Crippen molar-refractivity contribution in [2.75, 3.05) is 11.4 Å². The molecule has 0 amide bonds. The first-order valence-corrected chi connectivity index (χ1v) is 7.10. The van der Waals surface area contributed by atoms with Crippen LogP contribution in [0.5, 0.6) is 0 Å². The summed E-state index contributed by atoms with van der Waals surface area (Å²) in [5, 5.41) is 8.72. The molecule has 2 heterocycles. The Morgan fingerprint density at radius 1 is 1.20 bits per heavy atom. The molecule has 0 fully saturated rings. The molecule has 4 nitrogen and oxygen atoms in total. The monoisotopic (exact) mass is 268 g/mol. The van der Waals surface area contributed by atoms with Crippen molar-refractivity contribution in [3.8, 4) is 0 Å². The zero-order valence-electron chi connectivity index (χ0n) is 12.1. The van der Waals surface area contributed by atoms with Gasteiger partial charge < -0.3 is 10.6 Å². The largest absolute Gasteiger partial charge is 0.326 e. The van der Waals surface area contributed by atoms with Crippen molar-refractivity contribution in [2.45, 2.75) is 33.2 Å². The van der Waals surface area contributed by atoms with E-state index in [1.807, 2.05) is 6.92 Å². The molecule has 0 spiro atoms. The average Bonchev–Trinajstić information content (AvgIpc) is 2.49. The number of fused-ring (bicyclic) bond motifs is 1. The van der Waals surface area contributed by atoms with Crippen molar-refractivity contribution < 1.29 is 0 Å². The maximum absolute atomic E-state index is 5.95. The van der Waals surface area contributed by atoms with Gasteiger partial charge in [-0.05, 0) is 43.9 Å². The fourth-order valence-corrected chi connectivity index (χ4v) is 2.86. The highest BCUT2D eigenvalue weighted by atomic mass is 15.3. The molecule has 1 aliphatic rings. The van der Waals surface area contributed by atoms with Crippen molar-refractivity contribution in [1.29, 1.82) is 0 Å². The topological polar surface area (TPSA) is 55.0 Å². The van der Waals surface area contributed by atoms with Gasteiger partial charge >= 0.3 is 0 Å². The highest BCUT2D eigenvalue weighted by Gasteiger charge is 2.22. The minimum atomic E-state index is 0.496. The second kappa shape index (κ2) is 5.21. The van der Waals surface area contributed by atoms with Crippen LogP contribution in [0.15, 0.2) is 24.3 Å². The number of nitrogens with two attached hydrogens (primary N) is 1. The maximum Gasteiger partial charge on any atom is 0.160 e. The first kappa shape index (κ1) is 13.1. The number of hydrogen-bond donors (Lipinski definition) is 1. The molecular formula is C16H20N4. The number of hydrogen-bond acceptors (Lipinski definition) is 4. The van der Waals surface area contributed by atoms with E-state index in [-0.39, 0.29) is 0 Å². The van der Waals surface area contributed by atoms with Crippen molar-refractivity contribution in [3.63, 3.8) is 0 Å². The molecule has 3 rings (SSSR count). The van der Waals surface area contributed by atoms with Crippen LogP contribution in [0.2, 0.25) is 0 Å². The molecule has 104 valence electrons. The summed E-state index contributed by atoms with van der Waals surface area (Å²) < 4.78 is 0. The number of aryl methyl sites for hydroxylation is 2. The third-order valence-electron chi connectivity index (χ3n) is 4.13. The molecule has 0 atom stereocenters. The van der Waals surface area contributed by atoms with Crippen LogP contribution in [-0.4, -0.2) is 16.7 Å². The highest BCUT2D eigenvalue weighted by molar-refractivity contribution is 5.68. The van der Waals surface area contributed by atoms with Gasteiger partial charge in [0.05, 0.1) is 5.69 Å². The summed E-state index contributed by atoms with van der Waals surface area (Å²) in [4.78, 5) is 2.26. The van der Waals surface area contributed by atoms with E-state index in [1.54, 1.807) is 0 Å². The molecule has 1 aliphatic heterocycles. The molecule has 1 aromatic heterocycles. The van der Waals surface area contributed by atoms with Gasteiger partial charge in [-0.2, -0.15) is 5.10 Å². The lowest BCUT2D eigenvalue weighted by Crippen LogP contribution is -2.27. The van der Waals surface area contributed by atoms with Crippen molar-refractivity contribution in [3.05, 3.63) is 46.6 Å². The van der Waals surface area contributed by atoms with E-state index in [1.165, 1.54) is 11.3 Å². The molecule has 4 heteroatoms. The minimum Gasteiger partial charge on any atom is -0.326 e. The summed E-state index contributed by atoms with van der Waals surface area (Å²) >= 11 is 0. The van der Waals surface area contributed by atoms with E-state index in [9.17, 15) is 0 Å². The van der Waals surface area contributed by atoms with Crippen molar-refractivity contribution in [1.82, 2.24) is 10.2 Å². The van der Waals surface area contributed by atoms with Gasteiger partial charge in [-0.3, -0.25) is 0 Å². The standard InChI is InChI=1S/C16H20N4/c1-11-12(2)18-19-16(14(11)10-17)20-9-5-7-13-6-3-4-8-15(13)20/h3-4,6,8H,5,7,9-10,17H2,1-2H3. The van der Waals surface area contributed by atoms with Crippen LogP contribution in [0.3, 0.4) is 0 Å². The minimum absolute atomic E-state index is 0.496. The Bertz CT molecular complexity index is 636. The molecule has 0 unspecified atom stereocenters. The van der Waals surface area contributed by atoms with Crippen LogP contribution in [0.4, 0.5) is 11.5 Å². The normalized spacial score (nSPS) is 14.2. The van der Waals surface area contributed by atoms with Crippen LogP contribution >= 0.6 is 0 Å². The van der Waals surface area contributed by atoms with Crippen molar-refractivity contribution >= 4 is 11.5 Å². The second-order valence-electron chi connectivity index (χ2n) is 5.30. The predicted molar refractivity (Wildman–Crippen MR) is 81.2 cm³/mol. The molecule has 1 aromatic carbocycles. The molecule has 2 aromatic rings. The van der Waals surface area contributed by atoms with E-state index < -0.39 is 0 Å². The van der Waals surface area contributed by atoms with Crippen LogP contribution in [0.25, 0.3) is 0 Å². The lowest BCUT2D eigenvalue weighted by atomic mass is 10.0. The summed E-state index contributed by atoms with van der Waals surface area (Å²) in [6, 6.07) is 8.52. The van der Waals surface area contributed by atoms with Crippen LogP contribution in [-0.2, 0) is 13.0 Å². The van der Waals surface area contributed by atoms with Gasteiger partial charge in [0, 0.05) is 24.3 Å². The Balaban J connectivity index is 2.13. The molecule has 2 N–H and O–H groups in total. The van der Waals surface area contributed by atoms with Gasteiger partial charge in [-0.25, -0.2) is 0 Å². The lowest BCUT2D eigenvalue weighted by Gasteiger charge is -2.31. The highest BCUT2D eigenvalue weighted by Crippen LogP contribution is 2.34. The first-order valence-electron chi connectivity index (χ1n) is 7.10. The van der Waals surface area contributed by atoms with E-state index in [2.05, 4.69) is 46.3 Å². The van der Waals surface area contributed by atoms with Gasteiger partial charge in [-0.1, -0.05) is 18.2 Å². The van der Waals surface area contributed by atoms with Crippen molar-refractivity contribution in [2.24, 2.45) is 5.73 Å². The summed E-state index contributed by atoms with van der Waals surface area (Å²) in [6.07, 6.45) is 2.26. The number of anilines is 2. The SMILES string of the molecule is Cc1nnc(N2CCCc3ccccc32)c(CN)c1C. The number of para-hydroxylation sites is 1. The Morgan fingerprint density at radius 2 is 2.00 bits per heavy atom. The van der Waals surface area contributed by atoms with Gasteiger partial charge in [0.25, 0.3) is 0 Å². The molecule has 0 saturated carbocycles. The van der Waals surface area contributed by atoms with Crippen LogP contribution in [0, 0.1) is 13.8 Å². The van der Waals surface area contributed by atoms with Gasteiger partial charge in [0.15, 0.2) is 5.82 Å². The van der Waals surface area contributed by atoms with Gasteiger partial charge in [0.2, 0.25) is 0 Å². The fraction of sp³-hybridized carbons (Fsp3) is 0.375. The van der Waals surface area contributed by atoms with E-state index >= 15 is 0 Å². The molecule has 0 bridgehead atoms. The molecule has 0 saturated heterocycles. The summed E-state index contributed by atoms with van der Waals surface area (Å²) in [6.45, 7) is 5.53. The van der Waals surface area contributed by atoms with E-state index in [4.69, 9.17) is 5.73 Å². The van der Waals surface area contributed by atoms with E-state index in [0.717, 1.165) is 42.0 Å². The Morgan fingerprint density at radius 3 is 2.80 bits per heavy atom. The quantitative estimate of drug-likeness (QED) is 0.909. The lowest BCUT2D eigenvalue weighted by molar-refractivity contribution is 0.743. The Kier molecular flexibility index (Phi) is 3.40. The number of benzene rings is 1. The number of nitrogens with zero attached hydrogens (tertiary/aromatic N) is 3. The summed E-state index contributed by atoms with van der Waals surface area (Å²) in [7, 11) is 0. The Labute approximate surface area is 119 Å². The van der Waals surface area contributed by atoms with E-state index in [0.29, 0.717) is 6.54 Å². The maximum atomic E-state index is 5.95. The van der Waals surface area contributed by atoms with Crippen LogP contribution in [0.1, 0.15) is 28.8 Å². The van der Waals surface area contributed by atoms with Gasteiger partial charge in [-0.15, -0.1) is 5.10 Å². The van der Waals surface area contributed by atoms with Gasteiger partial charge in [0.1, 0.15) is 0 Å². The third kappa shape index (κ3) is 2.06. The first-order chi connectivity index (χ1) is 9.72. The smallest absolute Gasteiger partial charge is 0.160 e. The van der Waals surface area contributed by atoms with Crippen LogP contribution < -0.4 is 10.6 Å². The zero-order chi connectivity index (χ0) is 14.1. The number of rotatable bonds is 2. The zero-order valence-corrected chi connectivity index (χ0v) is 12.1. The number of aromatic nitrogens is 2. The summed E-state index contributed by atoms with van der Waals surface area (Å²) in [5.41, 5.74) is 11.8. The third-order valence-corrected chi connectivity index (χ3v) is 4.13. The molecule has 0 aliphatic carbocycles. The Hall–Kier alpha value is -1.94. The fourth-order valence-electron chi connectivity index (χ4n) is 2.86.